The molecule has 0 aliphatic heterocycles. The van der Waals surface area contributed by atoms with Gasteiger partial charge in [0.05, 0.1) is 39.9 Å². The predicted molar refractivity (Wildman–Crippen MR) is 228 cm³/mol. The van der Waals surface area contributed by atoms with E-state index in [0.717, 1.165) is 44.9 Å². The van der Waals surface area contributed by atoms with E-state index in [0.29, 0.717) is 17.4 Å². The lowest BCUT2D eigenvalue weighted by Gasteiger charge is -2.29. The Hall–Kier alpha value is -1.28. The van der Waals surface area contributed by atoms with Crippen molar-refractivity contribution in [2.75, 3.05) is 40.9 Å². The van der Waals surface area contributed by atoms with Gasteiger partial charge in [-0.05, 0) is 44.9 Å². The molecule has 0 aromatic carbocycles. The molecule has 0 spiro atoms. The summed E-state index contributed by atoms with van der Waals surface area (Å²) >= 11 is 0. The van der Waals surface area contributed by atoms with Crippen molar-refractivity contribution < 1.29 is 32.9 Å². The molecule has 0 bridgehead atoms. The van der Waals surface area contributed by atoms with Crippen molar-refractivity contribution in [1.29, 1.82) is 0 Å². The van der Waals surface area contributed by atoms with Crippen LogP contribution in [-0.2, 0) is 18.4 Å². The first-order chi connectivity index (χ1) is 26.0. The second kappa shape index (κ2) is 37.3. The number of likely N-dealkylation sites (N-methyl/N-ethyl adjacent to an activating group) is 1. The van der Waals surface area contributed by atoms with Crippen molar-refractivity contribution in [3.8, 4) is 0 Å². The second-order valence-corrected chi connectivity index (χ2v) is 17.8. The van der Waals surface area contributed by atoms with Crippen LogP contribution < -0.4 is 10.2 Å². The quantitative estimate of drug-likeness (QED) is 0.0277. The number of amides is 1. The number of carbonyl (C=O) groups excluding carboxylic acids is 1. The number of allylic oxidation sites excluding steroid dienone is 5. The highest BCUT2D eigenvalue weighted by atomic mass is 31.2. The molecule has 0 radical (unpaired) electrons. The van der Waals surface area contributed by atoms with Crippen LogP contribution in [0.5, 0.6) is 0 Å². The molecule has 9 heteroatoms. The van der Waals surface area contributed by atoms with E-state index in [1.807, 2.05) is 27.2 Å². The molecule has 0 heterocycles. The van der Waals surface area contributed by atoms with Gasteiger partial charge in [0.2, 0.25) is 5.91 Å². The summed E-state index contributed by atoms with van der Waals surface area (Å²) in [5.74, 6) is -0.213. The first-order valence-corrected chi connectivity index (χ1v) is 23.8. The van der Waals surface area contributed by atoms with Gasteiger partial charge in [-0.25, -0.2) is 0 Å². The molecule has 0 saturated heterocycles. The highest BCUT2D eigenvalue weighted by Gasteiger charge is 2.23. The number of hydrogen-bond donors (Lipinski definition) is 2. The Bertz CT molecular complexity index is 980. The van der Waals surface area contributed by atoms with Gasteiger partial charge < -0.3 is 28.8 Å². The number of nitrogens with zero attached hydrogens (tertiary/aromatic N) is 1. The number of aliphatic hydroxyl groups is 1. The molecule has 0 rings (SSSR count). The number of nitrogens with one attached hydrogen (secondary N) is 1. The molecule has 0 aromatic heterocycles. The average molecular weight is 783 g/mol. The fourth-order valence-electron chi connectivity index (χ4n) is 6.24. The zero-order valence-electron chi connectivity index (χ0n) is 35.9. The van der Waals surface area contributed by atoms with E-state index in [1.165, 1.54) is 128 Å². The first-order valence-electron chi connectivity index (χ1n) is 22.4. The molecule has 54 heavy (non-hydrogen) atoms. The predicted octanol–water partition coefficient (Wildman–Crippen LogP) is 11.7. The van der Waals surface area contributed by atoms with E-state index < -0.39 is 26.6 Å². The van der Waals surface area contributed by atoms with Crippen LogP contribution in [0.25, 0.3) is 0 Å². The Morgan fingerprint density at radius 1 is 0.630 bits per heavy atom. The number of hydrogen-bond acceptors (Lipinski definition) is 6. The molecule has 0 aliphatic rings. The Morgan fingerprint density at radius 2 is 1.04 bits per heavy atom. The summed E-state index contributed by atoms with van der Waals surface area (Å²) in [6.07, 6.45) is 44.8. The third-order valence-electron chi connectivity index (χ3n) is 9.83. The molecule has 0 fully saturated rings. The van der Waals surface area contributed by atoms with E-state index in [2.05, 4.69) is 43.5 Å². The summed E-state index contributed by atoms with van der Waals surface area (Å²) < 4.78 is 23.1. The molecule has 0 saturated carbocycles. The first kappa shape index (κ1) is 52.7. The van der Waals surface area contributed by atoms with Crippen molar-refractivity contribution in [1.82, 2.24) is 5.32 Å². The highest BCUT2D eigenvalue weighted by molar-refractivity contribution is 7.45. The third-order valence-corrected chi connectivity index (χ3v) is 10.8. The van der Waals surface area contributed by atoms with Crippen LogP contribution in [0.3, 0.4) is 0 Å². The molecule has 0 aliphatic carbocycles. The van der Waals surface area contributed by atoms with Gasteiger partial charge in [-0.15, -0.1) is 0 Å². The SMILES string of the molecule is CCCCCCCCCCCC/C=C/CC/C=C/CC/C=C/C(O)C(COP(=O)([O-])OCC[N+](C)(C)C)NC(=O)CCCCCCCCCCCCCC. The van der Waals surface area contributed by atoms with Gasteiger partial charge in [-0.2, -0.15) is 0 Å². The van der Waals surface area contributed by atoms with Gasteiger partial charge in [0.15, 0.2) is 0 Å². The topological polar surface area (TPSA) is 108 Å². The number of unbranched alkanes of at least 4 members (excludes halogenated alkanes) is 23. The zero-order valence-corrected chi connectivity index (χ0v) is 36.8. The molecule has 3 atom stereocenters. The average Bonchev–Trinajstić information content (AvgIpc) is 3.12. The van der Waals surface area contributed by atoms with Gasteiger partial charge in [0, 0.05) is 6.42 Å². The maximum absolute atomic E-state index is 12.8. The fraction of sp³-hybridized carbons (Fsp3) is 0.844. The van der Waals surface area contributed by atoms with Gasteiger partial charge in [-0.1, -0.05) is 179 Å². The second-order valence-electron chi connectivity index (χ2n) is 16.4. The Balaban J connectivity index is 4.48. The maximum atomic E-state index is 12.8. The van der Waals surface area contributed by atoms with Crippen molar-refractivity contribution in [2.45, 2.75) is 206 Å². The summed E-state index contributed by atoms with van der Waals surface area (Å²) in [5.41, 5.74) is 0. The van der Waals surface area contributed by atoms with Gasteiger partial charge in [0.25, 0.3) is 7.82 Å². The normalized spacial score (nSPS) is 14.7. The molecular formula is C45H87N2O6P. The van der Waals surface area contributed by atoms with Crippen LogP contribution >= 0.6 is 7.82 Å². The molecule has 318 valence electrons. The minimum absolute atomic E-state index is 0.00801. The molecule has 3 unspecified atom stereocenters. The summed E-state index contributed by atoms with van der Waals surface area (Å²) in [6.45, 7) is 4.61. The molecule has 8 nitrogen and oxygen atoms in total. The van der Waals surface area contributed by atoms with Gasteiger partial charge >= 0.3 is 0 Å². The number of quaternary nitrogens is 1. The molecule has 0 aromatic rings. The molecular weight excluding hydrogens is 695 g/mol. The summed E-state index contributed by atoms with van der Waals surface area (Å²) in [6, 6.07) is -0.905. The van der Waals surface area contributed by atoms with E-state index in [1.54, 1.807) is 6.08 Å². The van der Waals surface area contributed by atoms with E-state index in [-0.39, 0.29) is 12.5 Å². The number of phosphoric acid groups is 1. The van der Waals surface area contributed by atoms with Crippen LogP contribution in [0.4, 0.5) is 0 Å². The Kier molecular flexibility index (Phi) is 36.4. The monoisotopic (exact) mass is 783 g/mol. The number of carbonyl (C=O) groups is 1. The van der Waals surface area contributed by atoms with Gasteiger partial charge in [-0.3, -0.25) is 9.36 Å². The highest BCUT2D eigenvalue weighted by Crippen LogP contribution is 2.38. The van der Waals surface area contributed by atoms with Crippen LogP contribution in [-0.4, -0.2) is 68.5 Å². The summed E-state index contributed by atoms with van der Waals surface area (Å²) in [4.78, 5) is 25.2. The lowest BCUT2D eigenvalue weighted by Crippen LogP contribution is -2.45. The zero-order chi connectivity index (χ0) is 40.0. The van der Waals surface area contributed by atoms with Crippen molar-refractivity contribution >= 4 is 13.7 Å². The van der Waals surface area contributed by atoms with Crippen molar-refractivity contribution in [2.24, 2.45) is 0 Å². The minimum atomic E-state index is -4.59. The van der Waals surface area contributed by atoms with Crippen LogP contribution in [0.15, 0.2) is 36.5 Å². The standard InChI is InChI=1S/C45H87N2O6P/c1-6-8-10-12-14-16-18-20-21-22-23-24-25-26-27-28-30-32-34-36-38-44(48)43(42-53-54(50,51)52-41-40-47(3,4)5)46-45(49)39-37-35-33-31-29-19-17-15-13-11-9-7-2/h24-25,28,30,36,38,43-44,48H,6-23,26-27,29,31-35,37,39-42H2,1-5H3,(H-,46,49,50,51)/b25-24+,30-28+,38-36+. The van der Waals surface area contributed by atoms with Crippen LogP contribution in [0.2, 0.25) is 0 Å². The minimum Gasteiger partial charge on any atom is -0.756 e. The van der Waals surface area contributed by atoms with Crippen molar-refractivity contribution in [3.63, 3.8) is 0 Å². The van der Waals surface area contributed by atoms with E-state index in [9.17, 15) is 19.4 Å². The molecule has 1 amide bonds. The van der Waals surface area contributed by atoms with Crippen molar-refractivity contribution in [3.05, 3.63) is 36.5 Å². The number of rotatable bonds is 40. The lowest BCUT2D eigenvalue weighted by atomic mass is 10.0. The molecule has 2 N–H and O–H groups in total. The van der Waals surface area contributed by atoms with Crippen LogP contribution in [0, 0.1) is 0 Å². The van der Waals surface area contributed by atoms with E-state index in [4.69, 9.17) is 9.05 Å². The maximum Gasteiger partial charge on any atom is 0.268 e. The Labute approximate surface area is 334 Å². The summed E-state index contributed by atoms with van der Waals surface area (Å²) in [5, 5.41) is 13.7. The summed E-state index contributed by atoms with van der Waals surface area (Å²) in [7, 11) is 1.24. The Morgan fingerprint density at radius 3 is 1.50 bits per heavy atom. The number of aliphatic hydroxyl groups excluding tert-OH is 1. The third kappa shape index (κ3) is 39.0. The van der Waals surface area contributed by atoms with Crippen LogP contribution in [0.1, 0.15) is 194 Å². The largest absolute Gasteiger partial charge is 0.756 e. The fourth-order valence-corrected chi connectivity index (χ4v) is 6.97. The lowest BCUT2D eigenvalue weighted by molar-refractivity contribution is -0.870. The number of phosphoric ester groups is 1. The van der Waals surface area contributed by atoms with Gasteiger partial charge in [0.1, 0.15) is 13.2 Å². The smallest absolute Gasteiger partial charge is 0.268 e. The van der Waals surface area contributed by atoms with E-state index >= 15 is 0 Å².